The quantitative estimate of drug-likeness (QED) is 0.393. The van der Waals surface area contributed by atoms with Gasteiger partial charge in [-0.15, -0.1) is 0 Å². The molecule has 2 amide bonds. The van der Waals surface area contributed by atoms with Crippen LogP contribution in [0.25, 0.3) is 5.57 Å². The first-order chi connectivity index (χ1) is 15.9. The number of hydrogen-bond donors (Lipinski definition) is 2. The average Bonchev–Trinajstić information content (AvgIpc) is 3.19. The fourth-order valence-electron chi connectivity index (χ4n) is 3.15. The molecule has 0 aliphatic heterocycles. The minimum absolute atomic E-state index is 0.175. The lowest BCUT2D eigenvalue weighted by Crippen LogP contribution is -2.29. The fraction of sp³-hybridized carbons (Fsp3) is 0.440. The van der Waals surface area contributed by atoms with Gasteiger partial charge in [0.25, 0.3) is 11.8 Å². The summed E-state index contributed by atoms with van der Waals surface area (Å²) < 4.78 is 1.50. The monoisotopic (exact) mass is 454 g/mol. The highest BCUT2D eigenvalue weighted by molar-refractivity contribution is 6.07. The Balaban J connectivity index is 0.00000265. The van der Waals surface area contributed by atoms with Crippen LogP contribution in [0.2, 0.25) is 0 Å². The lowest BCUT2D eigenvalue weighted by molar-refractivity contribution is 0.0947. The molecule has 0 spiro atoms. The van der Waals surface area contributed by atoms with E-state index >= 15 is 0 Å². The first-order valence-electron chi connectivity index (χ1n) is 11.5. The number of rotatable bonds is 11. The van der Waals surface area contributed by atoms with Gasteiger partial charge in [0, 0.05) is 19.8 Å². The van der Waals surface area contributed by atoms with Crippen molar-refractivity contribution >= 4 is 23.1 Å². The highest BCUT2D eigenvalue weighted by Gasteiger charge is 2.19. The molecule has 2 rings (SSSR count). The first-order valence-corrected chi connectivity index (χ1v) is 11.5. The van der Waals surface area contributed by atoms with Crippen LogP contribution in [0.15, 0.2) is 43.1 Å². The van der Waals surface area contributed by atoms with E-state index in [0.29, 0.717) is 17.9 Å². The molecule has 2 N–H and O–H groups in total. The predicted molar refractivity (Wildman–Crippen MR) is 135 cm³/mol. The third-order valence-electron chi connectivity index (χ3n) is 4.71. The summed E-state index contributed by atoms with van der Waals surface area (Å²) in [5.41, 5.74) is 2.25. The molecule has 8 heteroatoms. The Kier molecular flexibility index (Phi) is 12.4. The van der Waals surface area contributed by atoms with Gasteiger partial charge in [-0.3, -0.25) is 14.3 Å². The average molecular weight is 455 g/mol. The van der Waals surface area contributed by atoms with E-state index in [9.17, 15) is 9.59 Å². The standard InChI is InChI=1S/C23H32N6O2.C2H6/c1-6-14-28(4)15-10-13-24-23(31)21-20(16-29(5)27-21)26-22(30)19-12-9-11-18(25-19)17(7-2)8-3;1-2/h7-9,11-12,16H,2,6,10,13-15H2,1,3-5H3,(H,24,31)(H,26,30);1-2H3/b17-8+;. The zero-order valence-corrected chi connectivity index (χ0v) is 20.8. The Morgan fingerprint density at radius 3 is 2.52 bits per heavy atom. The molecular weight excluding hydrogens is 416 g/mol. The van der Waals surface area contributed by atoms with Crippen LogP contribution in [0, 0.1) is 0 Å². The summed E-state index contributed by atoms with van der Waals surface area (Å²) in [6, 6.07) is 5.20. The minimum atomic E-state index is -0.412. The molecule has 2 aromatic heterocycles. The number of aryl methyl sites for hydroxylation is 1. The summed E-state index contributed by atoms with van der Waals surface area (Å²) in [4.78, 5) is 32.0. The third-order valence-corrected chi connectivity index (χ3v) is 4.71. The van der Waals surface area contributed by atoms with E-state index < -0.39 is 5.91 Å². The zero-order chi connectivity index (χ0) is 24.8. The minimum Gasteiger partial charge on any atom is -0.351 e. The molecule has 0 bridgehead atoms. The molecule has 0 atom stereocenters. The van der Waals surface area contributed by atoms with Gasteiger partial charge in [0.1, 0.15) is 5.69 Å². The predicted octanol–water partition coefficient (Wildman–Crippen LogP) is 4.14. The fourth-order valence-corrected chi connectivity index (χ4v) is 3.15. The van der Waals surface area contributed by atoms with Gasteiger partial charge in [-0.25, -0.2) is 4.98 Å². The van der Waals surface area contributed by atoms with Gasteiger partial charge < -0.3 is 15.5 Å². The number of hydrogen-bond acceptors (Lipinski definition) is 5. The number of anilines is 1. The van der Waals surface area contributed by atoms with E-state index in [0.717, 1.165) is 31.5 Å². The molecule has 2 aromatic rings. The van der Waals surface area contributed by atoms with Crippen LogP contribution < -0.4 is 10.6 Å². The van der Waals surface area contributed by atoms with Crippen molar-refractivity contribution in [1.29, 1.82) is 0 Å². The molecule has 33 heavy (non-hydrogen) atoms. The number of pyridine rings is 1. The molecule has 180 valence electrons. The van der Waals surface area contributed by atoms with E-state index in [-0.39, 0.29) is 17.3 Å². The molecule has 2 heterocycles. The maximum atomic E-state index is 12.8. The van der Waals surface area contributed by atoms with Crippen molar-refractivity contribution in [2.45, 2.75) is 40.5 Å². The summed E-state index contributed by atoms with van der Waals surface area (Å²) in [5.74, 6) is -0.733. The van der Waals surface area contributed by atoms with Crippen molar-refractivity contribution in [2.24, 2.45) is 7.05 Å². The van der Waals surface area contributed by atoms with Crippen LogP contribution in [0.1, 0.15) is 67.2 Å². The van der Waals surface area contributed by atoms with Crippen LogP contribution in [0.5, 0.6) is 0 Å². The normalized spacial score (nSPS) is 10.9. The van der Waals surface area contributed by atoms with Crippen LogP contribution >= 0.6 is 0 Å². The second kappa shape index (κ2) is 14.7. The number of nitrogens with zero attached hydrogens (tertiary/aromatic N) is 4. The largest absolute Gasteiger partial charge is 0.351 e. The van der Waals surface area contributed by atoms with E-state index in [1.165, 1.54) is 4.68 Å². The Morgan fingerprint density at radius 2 is 1.88 bits per heavy atom. The second-order valence-corrected chi connectivity index (χ2v) is 7.29. The van der Waals surface area contributed by atoms with Gasteiger partial charge in [-0.2, -0.15) is 5.10 Å². The Hall–Kier alpha value is -3.26. The molecule has 0 saturated carbocycles. The Morgan fingerprint density at radius 1 is 1.18 bits per heavy atom. The van der Waals surface area contributed by atoms with Crippen molar-refractivity contribution < 1.29 is 9.59 Å². The van der Waals surface area contributed by atoms with Crippen molar-refractivity contribution in [2.75, 3.05) is 32.0 Å². The summed E-state index contributed by atoms with van der Waals surface area (Å²) in [5, 5.41) is 9.84. The highest BCUT2D eigenvalue weighted by atomic mass is 16.2. The SMILES string of the molecule is C=C/C(=C\C)c1cccc(C(=O)Nc2cn(C)nc2C(=O)NCCCN(C)CCC)n1.CC. The Labute approximate surface area is 197 Å². The topological polar surface area (TPSA) is 92.1 Å². The van der Waals surface area contributed by atoms with E-state index in [1.54, 1.807) is 31.5 Å². The molecule has 0 unspecified atom stereocenters. The summed E-state index contributed by atoms with van der Waals surface area (Å²) in [7, 11) is 3.77. The van der Waals surface area contributed by atoms with Gasteiger partial charge >= 0.3 is 0 Å². The number of allylic oxidation sites excluding steroid dienone is 3. The van der Waals surface area contributed by atoms with Gasteiger partial charge in [0.2, 0.25) is 0 Å². The molecule has 0 aliphatic carbocycles. The van der Waals surface area contributed by atoms with Crippen molar-refractivity contribution in [3.63, 3.8) is 0 Å². The summed E-state index contributed by atoms with van der Waals surface area (Å²) in [6.45, 7) is 14.3. The van der Waals surface area contributed by atoms with Gasteiger partial charge in [0.15, 0.2) is 5.69 Å². The maximum Gasteiger partial charge on any atom is 0.274 e. The number of amides is 2. The zero-order valence-electron chi connectivity index (χ0n) is 20.8. The number of aromatic nitrogens is 3. The van der Waals surface area contributed by atoms with Crippen LogP contribution in [-0.4, -0.2) is 58.2 Å². The molecule has 0 radical (unpaired) electrons. The van der Waals surface area contributed by atoms with Gasteiger partial charge in [-0.05, 0) is 57.6 Å². The van der Waals surface area contributed by atoms with E-state index in [1.807, 2.05) is 32.9 Å². The van der Waals surface area contributed by atoms with Crippen molar-refractivity contribution in [3.05, 3.63) is 60.2 Å². The molecular formula is C25H38N6O2. The van der Waals surface area contributed by atoms with E-state index in [2.05, 4.69) is 46.2 Å². The molecule has 0 aromatic carbocycles. The van der Waals surface area contributed by atoms with Crippen molar-refractivity contribution in [1.82, 2.24) is 25.0 Å². The summed E-state index contributed by atoms with van der Waals surface area (Å²) >= 11 is 0. The number of carbonyl (C=O) groups is 2. The second-order valence-electron chi connectivity index (χ2n) is 7.29. The Bertz CT molecular complexity index is 948. The van der Waals surface area contributed by atoms with Gasteiger partial charge in [-0.1, -0.05) is 45.6 Å². The molecule has 0 saturated heterocycles. The van der Waals surface area contributed by atoms with Gasteiger partial charge in [0.05, 0.1) is 11.4 Å². The van der Waals surface area contributed by atoms with Crippen molar-refractivity contribution in [3.8, 4) is 0 Å². The van der Waals surface area contributed by atoms with Crippen LogP contribution in [0.4, 0.5) is 5.69 Å². The summed E-state index contributed by atoms with van der Waals surface area (Å²) in [6.07, 6.45) is 7.10. The number of carbonyl (C=O) groups excluding carboxylic acids is 2. The molecule has 0 aliphatic rings. The van der Waals surface area contributed by atoms with E-state index in [4.69, 9.17) is 0 Å². The number of nitrogens with one attached hydrogen (secondary N) is 2. The third kappa shape index (κ3) is 8.65. The lowest BCUT2D eigenvalue weighted by Gasteiger charge is -2.15. The lowest BCUT2D eigenvalue weighted by atomic mass is 10.1. The molecule has 0 fully saturated rings. The highest BCUT2D eigenvalue weighted by Crippen LogP contribution is 2.16. The maximum absolute atomic E-state index is 12.8. The molecule has 8 nitrogen and oxygen atoms in total. The van der Waals surface area contributed by atoms with Crippen LogP contribution in [-0.2, 0) is 7.05 Å². The van der Waals surface area contributed by atoms with Crippen LogP contribution in [0.3, 0.4) is 0 Å². The first kappa shape index (κ1) is 27.8. The smallest absolute Gasteiger partial charge is 0.274 e.